The maximum Gasteiger partial charge on any atom is 0.244 e. The molecule has 4 nitrogen and oxygen atoms in total. The molecule has 1 unspecified atom stereocenters. The van der Waals surface area contributed by atoms with Crippen molar-refractivity contribution in [2.75, 3.05) is 18.9 Å². The average Bonchev–Trinajstić information content (AvgIpc) is 2.37. The molecule has 96 valence electrons. The van der Waals surface area contributed by atoms with E-state index in [0.717, 1.165) is 5.56 Å². The van der Waals surface area contributed by atoms with Crippen LogP contribution in [0.2, 0.25) is 0 Å². The molecule has 0 fully saturated rings. The van der Waals surface area contributed by atoms with Crippen LogP contribution in [-0.2, 0) is 4.79 Å². The minimum absolute atomic E-state index is 0.0166. The lowest BCUT2D eigenvalue weighted by Crippen LogP contribution is -2.39. The van der Waals surface area contributed by atoms with Gasteiger partial charge in [0.25, 0.3) is 0 Å². The number of likely N-dealkylation sites (N-methyl/N-ethyl adjacent to an activating group) is 1. The lowest BCUT2D eigenvalue weighted by Gasteiger charge is -2.22. The van der Waals surface area contributed by atoms with E-state index in [-0.39, 0.29) is 11.9 Å². The Bertz CT molecular complexity index is 476. The Morgan fingerprint density at radius 3 is 2.78 bits per heavy atom. The molecule has 0 aliphatic rings. The molecule has 1 aromatic rings. The van der Waals surface area contributed by atoms with Gasteiger partial charge in [0.2, 0.25) is 5.91 Å². The zero-order valence-corrected chi connectivity index (χ0v) is 11.3. The Hall–Kier alpha value is -2.02. The molecule has 4 heteroatoms. The van der Waals surface area contributed by atoms with Crippen molar-refractivity contribution in [1.82, 2.24) is 4.90 Å². The number of carbonyl (C=O) groups excluding carboxylic acids is 1. The zero-order chi connectivity index (χ0) is 13.7. The van der Waals surface area contributed by atoms with Gasteiger partial charge in [0.15, 0.2) is 0 Å². The maximum atomic E-state index is 11.9. The quantitative estimate of drug-likeness (QED) is 0.884. The number of benzene rings is 1. The summed E-state index contributed by atoms with van der Waals surface area (Å²) >= 11 is 0. The van der Waals surface area contributed by atoms with E-state index in [1.807, 2.05) is 26.0 Å². The predicted molar refractivity (Wildman–Crippen MR) is 72.3 cm³/mol. The molecule has 0 aliphatic carbocycles. The van der Waals surface area contributed by atoms with E-state index < -0.39 is 0 Å². The Morgan fingerprint density at radius 1 is 1.56 bits per heavy atom. The molecule has 0 bridgehead atoms. The minimum Gasteiger partial charge on any atom is -0.373 e. The summed E-state index contributed by atoms with van der Waals surface area (Å²) in [5.74, 6) is 0.0166. The lowest BCUT2D eigenvalue weighted by molar-refractivity contribution is -0.130. The zero-order valence-electron chi connectivity index (χ0n) is 11.3. The first-order valence-electron chi connectivity index (χ1n) is 6.01. The number of nitrogens with one attached hydrogen (secondary N) is 1. The second kappa shape index (κ2) is 6.06. The highest BCUT2D eigenvalue weighted by molar-refractivity contribution is 5.84. The lowest BCUT2D eigenvalue weighted by atomic mass is 10.1. The van der Waals surface area contributed by atoms with Gasteiger partial charge in [-0.15, -0.1) is 0 Å². The largest absolute Gasteiger partial charge is 0.373 e. The first kappa shape index (κ1) is 14.0. The topological polar surface area (TPSA) is 56.1 Å². The van der Waals surface area contributed by atoms with Gasteiger partial charge in [-0.25, -0.2) is 0 Å². The SMILES string of the molecule is CCN(C)C(=O)C(C)Nc1cc(C)ccc1C#N. The van der Waals surface area contributed by atoms with Gasteiger partial charge >= 0.3 is 0 Å². The van der Waals surface area contributed by atoms with E-state index in [1.165, 1.54) is 0 Å². The second-order valence-electron chi connectivity index (χ2n) is 4.38. The van der Waals surface area contributed by atoms with Crippen LogP contribution < -0.4 is 5.32 Å². The highest BCUT2D eigenvalue weighted by Crippen LogP contribution is 2.17. The van der Waals surface area contributed by atoms with Crippen LogP contribution in [0.4, 0.5) is 5.69 Å². The highest BCUT2D eigenvalue weighted by atomic mass is 16.2. The van der Waals surface area contributed by atoms with Crippen LogP contribution in [0.3, 0.4) is 0 Å². The first-order valence-corrected chi connectivity index (χ1v) is 6.01. The van der Waals surface area contributed by atoms with E-state index in [1.54, 1.807) is 24.9 Å². The van der Waals surface area contributed by atoms with Gasteiger partial charge < -0.3 is 10.2 Å². The van der Waals surface area contributed by atoms with Crippen molar-refractivity contribution in [3.05, 3.63) is 29.3 Å². The first-order chi connectivity index (χ1) is 8.49. The third kappa shape index (κ3) is 3.24. The third-order valence-electron chi connectivity index (χ3n) is 2.89. The van der Waals surface area contributed by atoms with Crippen LogP contribution in [-0.4, -0.2) is 30.4 Å². The molecule has 1 amide bonds. The van der Waals surface area contributed by atoms with Gasteiger partial charge in [-0.05, 0) is 38.5 Å². The van der Waals surface area contributed by atoms with Gasteiger partial charge in [0, 0.05) is 13.6 Å². The van der Waals surface area contributed by atoms with Crippen molar-refractivity contribution in [2.45, 2.75) is 26.8 Å². The molecule has 1 aromatic carbocycles. The molecule has 0 spiro atoms. The number of rotatable bonds is 4. The predicted octanol–water partition coefficient (Wildman–Crippen LogP) is 2.15. The van der Waals surface area contributed by atoms with Crippen molar-refractivity contribution in [2.24, 2.45) is 0 Å². The van der Waals surface area contributed by atoms with E-state index in [0.29, 0.717) is 17.8 Å². The van der Waals surface area contributed by atoms with Crippen molar-refractivity contribution >= 4 is 11.6 Å². The van der Waals surface area contributed by atoms with Crippen LogP contribution >= 0.6 is 0 Å². The van der Waals surface area contributed by atoms with Crippen molar-refractivity contribution in [1.29, 1.82) is 5.26 Å². The minimum atomic E-state index is -0.344. The number of nitrogens with zero attached hydrogens (tertiary/aromatic N) is 2. The fraction of sp³-hybridized carbons (Fsp3) is 0.429. The van der Waals surface area contributed by atoms with E-state index >= 15 is 0 Å². The van der Waals surface area contributed by atoms with Gasteiger partial charge in [0.05, 0.1) is 11.3 Å². The highest BCUT2D eigenvalue weighted by Gasteiger charge is 2.17. The molecule has 0 radical (unpaired) electrons. The molecule has 0 aliphatic heterocycles. The van der Waals surface area contributed by atoms with Gasteiger partial charge in [-0.2, -0.15) is 5.26 Å². The van der Waals surface area contributed by atoms with Crippen molar-refractivity contribution < 1.29 is 4.79 Å². The van der Waals surface area contributed by atoms with Crippen molar-refractivity contribution in [3.8, 4) is 6.07 Å². The van der Waals surface area contributed by atoms with Crippen LogP contribution in [0.15, 0.2) is 18.2 Å². The van der Waals surface area contributed by atoms with Gasteiger partial charge in [-0.3, -0.25) is 4.79 Å². The Kier molecular flexibility index (Phi) is 4.73. The fourth-order valence-electron chi connectivity index (χ4n) is 1.66. The molecule has 0 saturated carbocycles. The summed E-state index contributed by atoms with van der Waals surface area (Å²) < 4.78 is 0. The molecule has 1 rings (SSSR count). The Morgan fingerprint density at radius 2 is 2.22 bits per heavy atom. The number of nitriles is 1. The second-order valence-corrected chi connectivity index (χ2v) is 4.38. The summed E-state index contributed by atoms with van der Waals surface area (Å²) in [6.45, 7) is 6.36. The molecule has 1 atom stereocenters. The summed E-state index contributed by atoms with van der Waals surface area (Å²) in [7, 11) is 1.77. The number of hydrogen-bond donors (Lipinski definition) is 1. The van der Waals surface area contributed by atoms with E-state index in [9.17, 15) is 4.79 Å². The molecule has 0 aromatic heterocycles. The summed E-state index contributed by atoms with van der Waals surface area (Å²) in [5.41, 5.74) is 2.32. The molecular formula is C14H19N3O. The fourth-order valence-corrected chi connectivity index (χ4v) is 1.66. The number of amides is 1. The molecule has 0 saturated heterocycles. The third-order valence-corrected chi connectivity index (χ3v) is 2.89. The van der Waals surface area contributed by atoms with Gasteiger partial charge in [0.1, 0.15) is 12.1 Å². The van der Waals surface area contributed by atoms with Crippen molar-refractivity contribution in [3.63, 3.8) is 0 Å². The summed E-state index contributed by atoms with van der Waals surface area (Å²) in [6.07, 6.45) is 0. The summed E-state index contributed by atoms with van der Waals surface area (Å²) in [4.78, 5) is 13.6. The number of aryl methyl sites for hydroxylation is 1. The Balaban J connectivity index is 2.88. The normalized spacial score (nSPS) is 11.5. The van der Waals surface area contributed by atoms with Crippen LogP contribution in [0, 0.1) is 18.3 Å². The number of hydrogen-bond acceptors (Lipinski definition) is 3. The van der Waals surface area contributed by atoms with E-state index in [4.69, 9.17) is 5.26 Å². The molecule has 1 N–H and O–H groups in total. The molecule has 0 heterocycles. The monoisotopic (exact) mass is 245 g/mol. The van der Waals surface area contributed by atoms with Crippen LogP contribution in [0.5, 0.6) is 0 Å². The average molecular weight is 245 g/mol. The van der Waals surface area contributed by atoms with Crippen LogP contribution in [0.25, 0.3) is 0 Å². The standard InChI is InChI=1S/C14H19N3O/c1-5-17(4)14(18)11(3)16-13-8-10(2)6-7-12(13)9-15/h6-8,11,16H,5H2,1-4H3. The Labute approximate surface area is 108 Å². The molecular weight excluding hydrogens is 226 g/mol. The maximum absolute atomic E-state index is 11.9. The van der Waals surface area contributed by atoms with E-state index in [2.05, 4.69) is 11.4 Å². The molecule has 18 heavy (non-hydrogen) atoms. The van der Waals surface area contributed by atoms with Gasteiger partial charge in [-0.1, -0.05) is 6.07 Å². The number of anilines is 1. The van der Waals surface area contributed by atoms with Crippen LogP contribution in [0.1, 0.15) is 25.0 Å². The summed E-state index contributed by atoms with van der Waals surface area (Å²) in [6, 6.07) is 7.31. The number of carbonyl (C=O) groups is 1. The smallest absolute Gasteiger partial charge is 0.244 e. The summed E-state index contributed by atoms with van der Waals surface area (Å²) in [5, 5.41) is 12.1.